The number of hydrogen-bond donors (Lipinski definition) is 1. The monoisotopic (exact) mass is 375 g/mol. The molecule has 1 heterocycles. The maximum Gasteiger partial charge on any atom is 0.417 e. The van der Waals surface area contributed by atoms with Crippen molar-refractivity contribution in [2.75, 3.05) is 5.32 Å². The van der Waals surface area contributed by atoms with E-state index in [1.165, 1.54) is 17.4 Å². The molecule has 1 N–H and O–H groups in total. The first kappa shape index (κ1) is 18.8. The highest BCUT2D eigenvalue weighted by Crippen LogP contribution is 2.36. The largest absolute Gasteiger partial charge is 0.417 e. The van der Waals surface area contributed by atoms with Gasteiger partial charge in [-0.3, -0.25) is 4.79 Å². The lowest BCUT2D eigenvalue weighted by Crippen LogP contribution is -2.14. The van der Waals surface area contributed by atoms with Gasteiger partial charge in [0.05, 0.1) is 16.1 Å². The van der Waals surface area contributed by atoms with Gasteiger partial charge in [-0.15, -0.1) is 11.3 Å². The summed E-state index contributed by atoms with van der Waals surface area (Å²) >= 11 is 7.09. The number of carbonyl (C=O) groups is 1. The number of alkyl halides is 3. The van der Waals surface area contributed by atoms with E-state index in [4.69, 9.17) is 11.6 Å². The number of carbonyl (C=O) groups excluding carboxylic acids is 1. The smallest absolute Gasteiger partial charge is 0.322 e. The predicted octanol–water partition coefficient (Wildman–Crippen LogP) is 6.19. The number of benzene rings is 1. The molecule has 2 rings (SSSR count). The van der Waals surface area contributed by atoms with Gasteiger partial charge < -0.3 is 5.32 Å². The van der Waals surface area contributed by atoms with Crippen LogP contribution in [-0.2, 0) is 19.0 Å². The van der Waals surface area contributed by atoms with Gasteiger partial charge in [0.25, 0.3) is 5.91 Å². The Morgan fingerprint density at radius 1 is 1.29 bits per heavy atom. The zero-order chi connectivity index (χ0) is 17.9. The lowest BCUT2D eigenvalue weighted by molar-refractivity contribution is -0.137. The van der Waals surface area contributed by atoms with E-state index in [2.05, 4.69) is 5.32 Å². The van der Waals surface area contributed by atoms with Crippen molar-refractivity contribution in [1.82, 2.24) is 0 Å². The maximum absolute atomic E-state index is 12.9. The molecule has 2 nitrogen and oxygen atoms in total. The van der Waals surface area contributed by atoms with Crippen molar-refractivity contribution in [3.8, 4) is 0 Å². The second kappa shape index (κ2) is 7.57. The normalized spacial score (nSPS) is 11.6. The number of amides is 1. The van der Waals surface area contributed by atoms with Crippen molar-refractivity contribution < 1.29 is 18.0 Å². The lowest BCUT2D eigenvalue weighted by atomic mass is 10.0. The van der Waals surface area contributed by atoms with Crippen LogP contribution in [-0.4, -0.2) is 5.91 Å². The number of anilines is 1. The summed E-state index contributed by atoms with van der Waals surface area (Å²) < 4.78 is 38.7. The third kappa shape index (κ3) is 4.11. The molecule has 1 amide bonds. The first-order valence-electron chi connectivity index (χ1n) is 7.55. The van der Waals surface area contributed by atoms with E-state index in [-0.39, 0.29) is 5.69 Å². The molecule has 0 aliphatic heterocycles. The molecule has 24 heavy (non-hydrogen) atoms. The van der Waals surface area contributed by atoms with E-state index in [0.717, 1.165) is 41.8 Å². The number of hydrogen-bond acceptors (Lipinski definition) is 2. The quantitative estimate of drug-likeness (QED) is 0.663. The molecule has 0 unspecified atom stereocenters. The van der Waals surface area contributed by atoms with Crippen molar-refractivity contribution in [3.05, 3.63) is 50.2 Å². The molecule has 1 aromatic heterocycles. The van der Waals surface area contributed by atoms with Gasteiger partial charge in [-0.1, -0.05) is 31.9 Å². The third-order valence-corrected chi connectivity index (χ3v) is 5.08. The van der Waals surface area contributed by atoms with E-state index >= 15 is 0 Å². The molecule has 0 spiro atoms. The summed E-state index contributed by atoms with van der Waals surface area (Å²) in [5.74, 6) is -0.398. The van der Waals surface area contributed by atoms with Gasteiger partial charge in [-0.2, -0.15) is 13.2 Å². The zero-order valence-corrected chi connectivity index (χ0v) is 14.8. The Hall–Kier alpha value is -1.53. The Morgan fingerprint density at radius 2 is 2.00 bits per heavy atom. The minimum Gasteiger partial charge on any atom is -0.322 e. The fraction of sp³-hybridized carbons (Fsp3) is 0.353. The Bertz CT molecular complexity index is 740. The van der Waals surface area contributed by atoms with Gasteiger partial charge in [-0.25, -0.2) is 0 Å². The van der Waals surface area contributed by atoms with Crippen LogP contribution < -0.4 is 5.32 Å². The van der Waals surface area contributed by atoms with Gasteiger partial charge in [-0.05, 0) is 36.6 Å². The molecule has 0 aliphatic rings. The summed E-state index contributed by atoms with van der Waals surface area (Å²) in [4.78, 5) is 13.6. The van der Waals surface area contributed by atoms with Crippen molar-refractivity contribution >= 4 is 34.5 Å². The summed E-state index contributed by atoms with van der Waals surface area (Å²) in [6, 6.07) is 3.35. The minimum absolute atomic E-state index is 0.0726. The Morgan fingerprint density at radius 3 is 2.58 bits per heavy atom. The van der Waals surface area contributed by atoms with E-state index < -0.39 is 22.7 Å². The number of aryl methyl sites for hydroxylation is 1. The van der Waals surface area contributed by atoms with Crippen molar-refractivity contribution in [3.63, 3.8) is 0 Å². The Kier molecular flexibility index (Phi) is 5.93. The molecule has 0 atom stereocenters. The molecule has 2 aromatic rings. The summed E-state index contributed by atoms with van der Waals surface area (Å²) in [5, 5.41) is 3.91. The molecule has 0 bridgehead atoms. The highest BCUT2D eigenvalue weighted by Gasteiger charge is 2.33. The minimum atomic E-state index is -4.57. The van der Waals surface area contributed by atoms with Crippen LogP contribution in [0.3, 0.4) is 0 Å². The van der Waals surface area contributed by atoms with Crippen molar-refractivity contribution in [2.45, 2.75) is 39.3 Å². The number of nitrogens with one attached hydrogen (secondary N) is 1. The molecule has 0 saturated heterocycles. The second-order valence-electron chi connectivity index (χ2n) is 5.30. The summed E-state index contributed by atoms with van der Waals surface area (Å²) in [6.45, 7) is 4.04. The van der Waals surface area contributed by atoms with Crippen LogP contribution in [0.15, 0.2) is 23.6 Å². The Labute approximate surface area is 147 Å². The van der Waals surface area contributed by atoms with E-state index in [9.17, 15) is 18.0 Å². The van der Waals surface area contributed by atoms with Crippen molar-refractivity contribution in [2.24, 2.45) is 0 Å². The van der Waals surface area contributed by atoms with Crippen LogP contribution in [0.25, 0.3) is 0 Å². The zero-order valence-electron chi connectivity index (χ0n) is 13.3. The average Bonchev–Trinajstić information content (AvgIpc) is 2.91. The predicted molar refractivity (Wildman–Crippen MR) is 92.1 cm³/mol. The first-order valence-corrected chi connectivity index (χ1v) is 8.81. The molecule has 0 fully saturated rings. The SMILES string of the molecule is CCCc1c(C(=O)Nc2ccc(Cl)c(C(F)(F)F)c2)csc1CC. The fourth-order valence-electron chi connectivity index (χ4n) is 2.45. The van der Waals surface area contributed by atoms with Gasteiger partial charge in [0.1, 0.15) is 0 Å². The molecular weight excluding hydrogens is 359 g/mol. The van der Waals surface area contributed by atoms with Gasteiger partial charge in [0, 0.05) is 15.9 Å². The number of thiophene rings is 1. The van der Waals surface area contributed by atoms with E-state index in [0.29, 0.717) is 5.56 Å². The molecule has 0 radical (unpaired) electrons. The maximum atomic E-state index is 12.9. The Balaban J connectivity index is 2.29. The standard InChI is InChI=1S/C17H17ClF3NOS/c1-3-5-11-12(9-24-15(11)4-2)16(23)22-10-6-7-14(18)13(8-10)17(19,20)21/h6-9H,3-5H2,1-2H3,(H,22,23). The van der Waals surface area contributed by atoms with Crippen LogP contribution >= 0.6 is 22.9 Å². The van der Waals surface area contributed by atoms with Crippen LogP contribution in [0.5, 0.6) is 0 Å². The van der Waals surface area contributed by atoms with Gasteiger partial charge in [0.15, 0.2) is 0 Å². The third-order valence-electron chi connectivity index (χ3n) is 3.58. The first-order chi connectivity index (χ1) is 11.3. The van der Waals surface area contributed by atoms with E-state index in [1.807, 2.05) is 13.8 Å². The highest BCUT2D eigenvalue weighted by molar-refractivity contribution is 7.10. The fourth-order valence-corrected chi connectivity index (χ4v) is 3.71. The molecule has 0 saturated carbocycles. The van der Waals surface area contributed by atoms with Crippen LogP contribution in [0, 0.1) is 0 Å². The number of rotatable bonds is 5. The average molecular weight is 376 g/mol. The number of halogens is 4. The van der Waals surface area contributed by atoms with E-state index in [1.54, 1.807) is 5.38 Å². The van der Waals surface area contributed by atoms with Crippen LogP contribution in [0.1, 0.15) is 46.6 Å². The molecule has 1 aromatic carbocycles. The summed E-state index contributed by atoms with van der Waals surface area (Å²) in [6.07, 6.45) is -2.08. The summed E-state index contributed by atoms with van der Waals surface area (Å²) in [7, 11) is 0. The second-order valence-corrected chi connectivity index (χ2v) is 6.67. The van der Waals surface area contributed by atoms with Gasteiger partial charge >= 0.3 is 6.18 Å². The van der Waals surface area contributed by atoms with Gasteiger partial charge in [0.2, 0.25) is 0 Å². The molecule has 0 aliphatic carbocycles. The van der Waals surface area contributed by atoms with Crippen LogP contribution in [0.2, 0.25) is 5.02 Å². The lowest BCUT2D eigenvalue weighted by Gasteiger charge is -2.12. The molecule has 130 valence electrons. The van der Waals surface area contributed by atoms with Crippen molar-refractivity contribution in [1.29, 1.82) is 0 Å². The molecule has 7 heteroatoms. The van der Waals surface area contributed by atoms with Crippen LogP contribution in [0.4, 0.5) is 18.9 Å². The topological polar surface area (TPSA) is 29.1 Å². The summed E-state index contributed by atoms with van der Waals surface area (Å²) in [5.41, 5.74) is 0.619. The molecular formula is C17H17ClF3NOS. The highest BCUT2D eigenvalue weighted by atomic mass is 35.5.